The van der Waals surface area contributed by atoms with Gasteiger partial charge in [0.05, 0.1) is 24.5 Å². The van der Waals surface area contributed by atoms with E-state index in [9.17, 15) is 4.79 Å². The van der Waals surface area contributed by atoms with E-state index < -0.39 is 5.91 Å². The highest BCUT2D eigenvalue weighted by atomic mass is 35.5. The molecule has 0 atom stereocenters. The Balaban J connectivity index is 1.50. The summed E-state index contributed by atoms with van der Waals surface area (Å²) in [5.74, 6) is 0.408. The van der Waals surface area contributed by atoms with Crippen molar-refractivity contribution in [2.45, 2.75) is 19.4 Å². The molecular formula is C23H24ClN5O2. The fourth-order valence-electron chi connectivity index (χ4n) is 3.87. The molecule has 160 valence electrons. The number of aryl methyl sites for hydroxylation is 2. The summed E-state index contributed by atoms with van der Waals surface area (Å²) in [7, 11) is 3.33. The third kappa shape index (κ3) is 4.56. The number of fused-ring (bicyclic) bond motifs is 1. The first kappa shape index (κ1) is 20.9. The van der Waals surface area contributed by atoms with Crippen molar-refractivity contribution in [1.29, 1.82) is 0 Å². The Morgan fingerprint density at radius 3 is 2.94 bits per heavy atom. The molecular weight excluding hydrogens is 414 g/mol. The first-order valence-corrected chi connectivity index (χ1v) is 10.5. The van der Waals surface area contributed by atoms with E-state index in [0.717, 1.165) is 42.8 Å². The SMILES string of the molecule is COc1ccc(C=NNC(=O)c2c(Cl)cnn2C)cc1CN1CCCc2ccccc21. The van der Waals surface area contributed by atoms with Crippen molar-refractivity contribution < 1.29 is 9.53 Å². The minimum atomic E-state index is -0.417. The zero-order chi connectivity index (χ0) is 21.8. The molecule has 31 heavy (non-hydrogen) atoms. The Morgan fingerprint density at radius 1 is 1.32 bits per heavy atom. The van der Waals surface area contributed by atoms with E-state index in [1.54, 1.807) is 20.4 Å². The third-order valence-electron chi connectivity index (χ3n) is 5.36. The lowest BCUT2D eigenvalue weighted by molar-refractivity contribution is 0.0946. The lowest BCUT2D eigenvalue weighted by atomic mass is 10.0. The largest absolute Gasteiger partial charge is 0.496 e. The highest BCUT2D eigenvalue weighted by molar-refractivity contribution is 6.33. The van der Waals surface area contributed by atoms with Crippen LogP contribution in [0, 0.1) is 0 Å². The number of rotatable bonds is 6. The lowest BCUT2D eigenvalue weighted by Gasteiger charge is -2.31. The Bertz CT molecular complexity index is 1110. The van der Waals surface area contributed by atoms with E-state index in [1.807, 2.05) is 18.2 Å². The van der Waals surface area contributed by atoms with Crippen LogP contribution in [0.15, 0.2) is 53.8 Å². The number of hydrogen-bond acceptors (Lipinski definition) is 5. The van der Waals surface area contributed by atoms with Crippen LogP contribution in [-0.4, -0.2) is 35.6 Å². The number of benzene rings is 2. The number of aromatic nitrogens is 2. The lowest BCUT2D eigenvalue weighted by Crippen LogP contribution is -2.29. The van der Waals surface area contributed by atoms with Crippen molar-refractivity contribution in [3.8, 4) is 5.75 Å². The van der Waals surface area contributed by atoms with Crippen molar-refractivity contribution >= 4 is 29.4 Å². The molecule has 0 saturated heterocycles. The summed E-state index contributed by atoms with van der Waals surface area (Å²) < 4.78 is 6.99. The van der Waals surface area contributed by atoms with E-state index in [4.69, 9.17) is 16.3 Å². The molecule has 1 aliphatic rings. The van der Waals surface area contributed by atoms with E-state index in [0.29, 0.717) is 0 Å². The summed E-state index contributed by atoms with van der Waals surface area (Å²) in [5, 5.41) is 8.32. The maximum Gasteiger partial charge on any atom is 0.291 e. The van der Waals surface area contributed by atoms with Crippen LogP contribution in [-0.2, 0) is 20.0 Å². The van der Waals surface area contributed by atoms with Gasteiger partial charge >= 0.3 is 0 Å². The molecule has 1 N–H and O–H groups in total. The average Bonchev–Trinajstić information content (AvgIpc) is 3.12. The zero-order valence-electron chi connectivity index (χ0n) is 17.5. The maximum atomic E-state index is 12.3. The minimum Gasteiger partial charge on any atom is -0.496 e. The van der Waals surface area contributed by atoms with Crippen molar-refractivity contribution in [3.63, 3.8) is 0 Å². The zero-order valence-corrected chi connectivity index (χ0v) is 18.3. The molecule has 0 radical (unpaired) electrons. The number of ether oxygens (including phenoxy) is 1. The molecule has 0 aliphatic carbocycles. The number of halogens is 1. The normalized spacial score (nSPS) is 13.3. The highest BCUT2D eigenvalue weighted by Gasteiger charge is 2.18. The summed E-state index contributed by atoms with van der Waals surface area (Å²) in [5.41, 5.74) is 7.33. The monoisotopic (exact) mass is 437 g/mol. The van der Waals surface area contributed by atoms with Gasteiger partial charge < -0.3 is 9.64 Å². The third-order valence-corrected chi connectivity index (χ3v) is 5.64. The Hall–Kier alpha value is -3.32. The van der Waals surface area contributed by atoms with Gasteiger partial charge in [-0.1, -0.05) is 29.8 Å². The van der Waals surface area contributed by atoms with Gasteiger partial charge in [-0.3, -0.25) is 9.48 Å². The van der Waals surface area contributed by atoms with Gasteiger partial charge in [-0.05, 0) is 48.2 Å². The van der Waals surface area contributed by atoms with Gasteiger partial charge in [-0.15, -0.1) is 0 Å². The molecule has 0 unspecified atom stereocenters. The molecule has 1 aromatic heterocycles. The van der Waals surface area contributed by atoms with Gasteiger partial charge in [0.25, 0.3) is 5.91 Å². The molecule has 2 heterocycles. The topological polar surface area (TPSA) is 71.7 Å². The number of methoxy groups -OCH3 is 1. The number of hydrazone groups is 1. The number of nitrogens with one attached hydrogen (secondary N) is 1. The smallest absolute Gasteiger partial charge is 0.291 e. The molecule has 4 rings (SSSR count). The second-order valence-corrected chi connectivity index (χ2v) is 7.80. The van der Waals surface area contributed by atoms with Crippen LogP contribution in [0.3, 0.4) is 0 Å². The molecule has 0 spiro atoms. The van der Waals surface area contributed by atoms with Gasteiger partial charge in [-0.2, -0.15) is 10.2 Å². The number of amides is 1. The molecule has 1 amide bonds. The second-order valence-electron chi connectivity index (χ2n) is 7.39. The molecule has 0 bridgehead atoms. The number of hydrogen-bond donors (Lipinski definition) is 1. The summed E-state index contributed by atoms with van der Waals surface area (Å²) in [6, 6.07) is 14.4. The number of nitrogens with zero attached hydrogens (tertiary/aromatic N) is 4. The van der Waals surface area contributed by atoms with Crippen LogP contribution in [0.25, 0.3) is 0 Å². The van der Waals surface area contributed by atoms with Crippen LogP contribution in [0.5, 0.6) is 5.75 Å². The quantitative estimate of drug-likeness (QED) is 0.470. The fourth-order valence-corrected chi connectivity index (χ4v) is 4.12. The van der Waals surface area contributed by atoms with Crippen LogP contribution in [0.4, 0.5) is 5.69 Å². The number of carbonyl (C=O) groups excluding carboxylic acids is 1. The minimum absolute atomic E-state index is 0.262. The second kappa shape index (κ2) is 9.22. The van der Waals surface area contributed by atoms with E-state index in [2.05, 4.69) is 44.8 Å². The fraction of sp³-hybridized carbons (Fsp3) is 0.261. The van der Waals surface area contributed by atoms with E-state index >= 15 is 0 Å². The van der Waals surface area contributed by atoms with Crippen molar-refractivity contribution in [2.24, 2.45) is 12.1 Å². The van der Waals surface area contributed by atoms with Gasteiger partial charge in [0.1, 0.15) is 11.4 Å². The Labute approximate surface area is 186 Å². The van der Waals surface area contributed by atoms with Gasteiger partial charge in [0.2, 0.25) is 0 Å². The van der Waals surface area contributed by atoms with Crippen molar-refractivity contribution in [1.82, 2.24) is 15.2 Å². The Kier molecular flexibility index (Phi) is 6.23. The summed E-state index contributed by atoms with van der Waals surface area (Å²) in [6.07, 6.45) is 5.27. The molecule has 3 aromatic rings. The number of anilines is 1. The Morgan fingerprint density at radius 2 is 2.16 bits per heavy atom. The van der Waals surface area contributed by atoms with E-state index in [-0.39, 0.29) is 10.7 Å². The first-order chi connectivity index (χ1) is 15.1. The molecule has 1 aliphatic heterocycles. The van der Waals surface area contributed by atoms with Gasteiger partial charge in [0.15, 0.2) is 0 Å². The predicted molar refractivity (Wildman–Crippen MR) is 122 cm³/mol. The number of carbonyl (C=O) groups is 1. The molecule has 0 saturated carbocycles. The highest BCUT2D eigenvalue weighted by Crippen LogP contribution is 2.30. The molecule has 0 fully saturated rings. The number of para-hydroxylation sites is 1. The average molecular weight is 438 g/mol. The first-order valence-electron chi connectivity index (χ1n) is 10.1. The molecule has 8 heteroatoms. The summed E-state index contributed by atoms with van der Waals surface area (Å²) in [6.45, 7) is 1.73. The predicted octanol–water partition coefficient (Wildman–Crippen LogP) is 3.80. The molecule has 2 aromatic carbocycles. The van der Waals surface area contributed by atoms with Crippen LogP contribution < -0.4 is 15.1 Å². The van der Waals surface area contributed by atoms with Crippen LogP contribution in [0.1, 0.15) is 33.6 Å². The van der Waals surface area contributed by atoms with Gasteiger partial charge in [0, 0.05) is 31.4 Å². The standard InChI is InChI=1S/C23H24ClN5O2/c1-28-22(19(24)14-26-28)23(30)27-25-13-16-9-10-21(31-2)18(12-16)15-29-11-5-7-17-6-3-4-8-20(17)29/h3-4,6,8-10,12-14H,5,7,11,15H2,1-2H3,(H,27,30). The molecule has 7 nitrogen and oxygen atoms in total. The van der Waals surface area contributed by atoms with Gasteiger partial charge in [-0.25, -0.2) is 5.43 Å². The van der Waals surface area contributed by atoms with Crippen LogP contribution >= 0.6 is 11.6 Å². The van der Waals surface area contributed by atoms with Crippen molar-refractivity contribution in [2.75, 3.05) is 18.6 Å². The summed E-state index contributed by atoms with van der Waals surface area (Å²) in [4.78, 5) is 14.7. The van der Waals surface area contributed by atoms with Crippen molar-refractivity contribution in [3.05, 3.63) is 76.1 Å². The maximum absolute atomic E-state index is 12.3. The van der Waals surface area contributed by atoms with E-state index in [1.165, 1.54) is 22.1 Å². The summed E-state index contributed by atoms with van der Waals surface area (Å²) >= 11 is 6.00. The van der Waals surface area contributed by atoms with Crippen LogP contribution in [0.2, 0.25) is 5.02 Å².